The molecule has 0 rings (SSSR count). The second-order valence-corrected chi connectivity index (χ2v) is 2.23. The molecule has 0 spiro atoms. The summed E-state index contributed by atoms with van der Waals surface area (Å²) in [5.41, 5.74) is 0.192. The number of allylic oxidation sites excluding steroid dienone is 3. The van der Waals surface area contributed by atoms with E-state index in [1.165, 1.54) is 12.2 Å². The molecular weight excluding hydrogens is 183 g/mol. The maximum atomic E-state index is 11.7. The first-order valence-electron chi connectivity index (χ1n) is 3.61. The summed E-state index contributed by atoms with van der Waals surface area (Å²) in [5, 5.41) is 1.73. The van der Waals surface area contributed by atoms with Crippen LogP contribution in [-0.4, -0.2) is 12.1 Å². The largest absolute Gasteiger partial charge is 0.471 e. The Kier molecular flexibility index (Phi) is 4.23. The molecule has 0 aliphatic heterocycles. The number of nitrogens with one attached hydrogen (secondary N) is 1. The maximum Gasteiger partial charge on any atom is 0.471 e. The molecule has 2 nitrogen and oxygen atoms in total. The number of amides is 1. The van der Waals surface area contributed by atoms with Crippen molar-refractivity contribution < 1.29 is 18.0 Å². The van der Waals surface area contributed by atoms with E-state index in [1.807, 2.05) is 0 Å². The third-order valence-electron chi connectivity index (χ3n) is 1.23. The normalized spacial score (nSPS) is 12.5. The number of hydrogen-bond donors (Lipinski definition) is 1. The third kappa shape index (κ3) is 4.35. The fourth-order valence-electron chi connectivity index (χ4n) is 0.607. The Balaban J connectivity index is 4.35. The lowest BCUT2D eigenvalue weighted by Gasteiger charge is -2.08. The van der Waals surface area contributed by atoms with Gasteiger partial charge in [0.05, 0.1) is 0 Å². The zero-order chi connectivity index (χ0) is 10.5. The van der Waals surface area contributed by atoms with Gasteiger partial charge in [-0.15, -0.1) is 0 Å². The molecule has 13 heavy (non-hydrogen) atoms. The van der Waals surface area contributed by atoms with Crippen LogP contribution in [0.15, 0.2) is 24.4 Å². The molecule has 0 aliphatic carbocycles. The minimum atomic E-state index is -4.84. The molecule has 0 aromatic carbocycles. The molecule has 5 heteroatoms. The van der Waals surface area contributed by atoms with Crippen LogP contribution in [0.25, 0.3) is 0 Å². The topological polar surface area (TPSA) is 29.1 Å². The number of hydrogen-bond acceptors (Lipinski definition) is 1. The monoisotopic (exact) mass is 193 g/mol. The highest BCUT2D eigenvalue weighted by Gasteiger charge is 2.38. The lowest BCUT2D eigenvalue weighted by Crippen LogP contribution is -2.36. The quantitative estimate of drug-likeness (QED) is 0.683. The molecule has 0 heterocycles. The standard InChI is InChI=1S/C8H10F3NO/c1-3-5-6(4-2)12-7(13)8(9,10)11/h3,5H,1,4H2,2H3,(H,12,13)/b6-5+. The van der Waals surface area contributed by atoms with Crippen molar-refractivity contribution in [3.8, 4) is 0 Å². The summed E-state index contributed by atoms with van der Waals surface area (Å²) in [4.78, 5) is 10.4. The zero-order valence-electron chi connectivity index (χ0n) is 7.11. The van der Waals surface area contributed by atoms with Gasteiger partial charge >= 0.3 is 12.1 Å². The third-order valence-corrected chi connectivity index (χ3v) is 1.23. The van der Waals surface area contributed by atoms with Crippen LogP contribution in [0, 0.1) is 0 Å². The lowest BCUT2D eigenvalue weighted by molar-refractivity contribution is -0.172. The van der Waals surface area contributed by atoms with Gasteiger partial charge < -0.3 is 5.32 Å². The fraction of sp³-hybridized carbons (Fsp3) is 0.375. The Morgan fingerprint density at radius 2 is 2.08 bits per heavy atom. The van der Waals surface area contributed by atoms with E-state index in [0.29, 0.717) is 6.42 Å². The molecule has 0 radical (unpaired) electrons. The molecule has 0 saturated carbocycles. The van der Waals surface area contributed by atoms with Gasteiger partial charge in [0.1, 0.15) is 0 Å². The highest BCUT2D eigenvalue weighted by atomic mass is 19.4. The minimum Gasteiger partial charge on any atom is -0.322 e. The Morgan fingerprint density at radius 3 is 2.38 bits per heavy atom. The van der Waals surface area contributed by atoms with E-state index in [2.05, 4.69) is 6.58 Å². The molecule has 0 bridgehead atoms. The van der Waals surface area contributed by atoms with Gasteiger partial charge in [0.2, 0.25) is 0 Å². The van der Waals surface area contributed by atoms with Crippen LogP contribution in [0.3, 0.4) is 0 Å². The number of carbonyl (C=O) groups excluding carboxylic acids is 1. The fourth-order valence-corrected chi connectivity index (χ4v) is 0.607. The SMILES string of the molecule is C=C/C=C(\CC)NC(=O)C(F)(F)F. The predicted octanol–water partition coefficient (Wildman–Crippen LogP) is 2.14. The summed E-state index contributed by atoms with van der Waals surface area (Å²) in [5.74, 6) is -1.96. The van der Waals surface area contributed by atoms with E-state index in [9.17, 15) is 18.0 Å². The summed E-state index contributed by atoms with van der Waals surface area (Å²) in [7, 11) is 0. The van der Waals surface area contributed by atoms with Crippen molar-refractivity contribution in [2.45, 2.75) is 19.5 Å². The van der Waals surface area contributed by atoms with Crippen molar-refractivity contribution >= 4 is 5.91 Å². The van der Waals surface area contributed by atoms with Gasteiger partial charge in [-0.2, -0.15) is 13.2 Å². The van der Waals surface area contributed by atoms with E-state index in [1.54, 1.807) is 12.2 Å². The number of rotatable bonds is 3. The molecule has 1 N–H and O–H groups in total. The van der Waals surface area contributed by atoms with Crippen LogP contribution < -0.4 is 5.32 Å². The molecule has 0 atom stereocenters. The first-order chi connectivity index (χ1) is 5.91. The molecule has 0 fully saturated rings. The number of alkyl halides is 3. The van der Waals surface area contributed by atoms with E-state index in [0.717, 1.165) is 0 Å². The van der Waals surface area contributed by atoms with E-state index in [-0.39, 0.29) is 5.70 Å². The van der Waals surface area contributed by atoms with E-state index in [4.69, 9.17) is 0 Å². The van der Waals surface area contributed by atoms with Crippen molar-refractivity contribution in [1.29, 1.82) is 0 Å². The van der Waals surface area contributed by atoms with Gasteiger partial charge in [-0.1, -0.05) is 19.6 Å². The summed E-state index contributed by atoms with van der Waals surface area (Å²) in [6.07, 6.45) is -1.89. The van der Waals surface area contributed by atoms with Gasteiger partial charge in [-0.25, -0.2) is 0 Å². The average molecular weight is 193 g/mol. The van der Waals surface area contributed by atoms with E-state index < -0.39 is 12.1 Å². The van der Waals surface area contributed by atoms with Crippen LogP contribution in [0.1, 0.15) is 13.3 Å². The lowest BCUT2D eigenvalue weighted by atomic mass is 10.3. The Labute approximate surface area is 74.1 Å². The highest BCUT2D eigenvalue weighted by Crippen LogP contribution is 2.15. The highest BCUT2D eigenvalue weighted by molar-refractivity contribution is 5.83. The number of carbonyl (C=O) groups is 1. The molecule has 0 aliphatic rings. The van der Waals surface area contributed by atoms with Crippen LogP contribution in [0.4, 0.5) is 13.2 Å². The molecule has 1 amide bonds. The second-order valence-electron chi connectivity index (χ2n) is 2.23. The van der Waals surface area contributed by atoms with Gasteiger partial charge in [0, 0.05) is 5.70 Å². The van der Waals surface area contributed by atoms with Crippen molar-refractivity contribution in [2.75, 3.05) is 0 Å². The minimum absolute atomic E-state index is 0.192. The average Bonchev–Trinajstić information content (AvgIpc) is 2.01. The van der Waals surface area contributed by atoms with Crippen molar-refractivity contribution in [2.24, 2.45) is 0 Å². The maximum absolute atomic E-state index is 11.7. The Morgan fingerprint density at radius 1 is 1.54 bits per heavy atom. The smallest absolute Gasteiger partial charge is 0.322 e. The first kappa shape index (κ1) is 11.7. The van der Waals surface area contributed by atoms with Gasteiger partial charge in [0.25, 0.3) is 0 Å². The molecule has 74 valence electrons. The van der Waals surface area contributed by atoms with E-state index >= 15 is 0 Å². The number of halogens is 3. The Bertz CT molecular complexity index is 230. The van der Waals surface area contributed by atoms with Crippen molar-refractivity contribution in [1.82, 2.24) is 5.32 Å². The summed E-state index contributed by atoms with van der Waals surface area (Å²) in [6, 6.07) is 0. The predicted molar refractivity (Wildman–Crippen MR) is 42.8 cm³/mol. The van der Waals surface area contributed by atoms with Crippen molar-refractivity contribution in [3.05, 3.63) is 24.4 Å². The molecule has 0 saturated heterocycles. The van der Waals surface area contributed by atoms with Crippen molar-refractivity contribution in [3.63, 3.8) is 0 Å². The first-order valence-corrected chi connectivity index (χ1v) is 3.61. The van der Waals surface area contributed by atoms with Gasteiger partial charge in [0.15, 0.2) is 0 Å². The molecular formula is C8H10F3NO. The second kappa shape index (κ2) is 4.69. The molecule has 0 unspecified atom stereocenters. The summed E-state index contributed by atoms with van der Waals surface area (Å²) in [6.45, 7) is 4.94. The van der Waals surface area contributed by atoms with Crippen LogP contribution in [0.2, 0.25) is 0 Å². The Hall–Kier alpha value is -1.26. The van der Waals surface area contributed by atoms with Crippen LogP contribution >= 0.6 is 0 Å². The van der Waals surface area contributed by atoms with Crippen LogP contribution in [0.5, 0.6) is 0 Å². The van der Waals surface area contributed by atoms with Gasteiger partial charge in [-0.3, -0.25) is 4.79 Å². The summed E-state index contributed by atoms with van der Waals surface area (Å²) >= 11 is 0. The molecule has 0 aromatic rings. The van der Waals surface area contributed by atoms with Crippen LogP contribution in [-0.2, 0) is 4.79 Å². The molecule has 0 aromatic heterocycles. The zero-order valence-corrected chi connectivity index (χ0v) is 7.11. The summed E-state index contributed by atoms with van der Waals surface area (Å²) < 4.78 is 35.2. The van der Waals surface area contributed by atoms with Gasteiger partial charge in [-0.05, 0) is 12.5 Å².